The van der Waals surface area contributed by atoms with Crippen molar-refractivity contribution in [3.63, 3.8) is 0 Å². The smallest absolute Gasteiger partial charge is 0.320 e. The molecule has 1 rings (SSSR count). The molecule has 0 atom stereocenters. The van der Waals surface area contributed by atoms with Gasteiger partial charge in [-0.1, -0.05) is 6.07 Å². The first-order valence-electron chi connectivity index (χ1n) is 5.47. The fraction of sp³-hybridized carbons (Fsp3) is 0.400. The average Bonchev–Trinajstić information content (AvgIpc) is 2.34. The van der Waals surface area contributed by atoms with Gasteiger partial charge in [-0.25, -0.2) is 13.1 Å². The van der Waals surface area contributed by atoms with Gasteiger partial charge in [0.15, 0.2) is 4.90 Å². The number of benzene rings is 1. The fourth-order valence-electron chi connectivity index (χ4n) is 1.44. The van der Waals surface area contributed by atoms with Crippen molar-refractivity contribution in [3.05, 3.63) is 34.1 Å². The second-order valence-corrected chi connectivity index (χ2v) is 5.43. The normalized spacial score (nSPS) is 11.5. The molecule has 7 nitrogen and oxygen atoms in total. The van der Waals surface area contributed by atoms with Crippen LogP contribution in [0.25, 0.3) is 0 Å². The summed E-state index contributed by atoms with van der Waals surface area (Å²) >= 11 is 0. The molecule has 0 spiro atoms. The second-order valence-electron chi connectivity index (χ2n) is 3.70. The van der Waals surface area contributed by atoms with Gasteiger partial charge in [-0.05, 0) is 32.1 Å². The summed E-state index contributed by atoms with van der Waals surface area (Å²) in [4.78, 5) is 9.02. The van der Waals surface area contributed by atoms with Gasteiger partial charge >= 0.3 is 5.69 Å². The minimum Gasteiger partial charge on any atom is -0.320 e. The van der Waals surface area contributed by atoms with E-state index in [1.165, 1.54) is 0 Å². The molecule has 0 heterocycles. The SMILES string of the molecule is CNCCCNS(=O)(=O)c1cccc(F)c1[N+](=O)[O-]. The van der Waals surface area contributed by atoms with Gasteiger partial charge in [-0.3, -0.25) is 10.1 Å². The van der Waals surface area contributed by atoms with E-state index < -0.39 is 31.3 Å². The summed E-state index contributed by atoms with van der Waals surface area (Å²) in [6, 6.07) is 2.96. The van der Waals surface area contributed by atoms with E-state index in [0.29, 0.717) is 13.0 Å². The molecule has 106 valence electrons. The highest BCUT2D eigenvalue weighted by atomic mass is 32.2. The molecule has 0 unspecified atom stereocenters. The Kier molecular flexibility index (Phi) is 5.33. The lowest BCUT2D eigenvalue weighted by atomic mass is 10.3. The molecule has 1 aromatic carbocycles. The molecule has 0 fully saturated rings. The number of sulfonamides is 1. The third-order valence-electron chi connectivity index (χ3n) is 2.32. The number of rotatable bonds is 7. The van der Waals surface area contributed by atoms with E-state index in [2.05, 4.69) is 10.0 Å². The molecule has 0 aromatic heterocycles. The Morgan fingerprint density at radius 2 is 2.05 bits per heavy atom. The molecule has 0 bridgehead atoms. The summed E-state index contributed by atoms with van der Waals surface area (Å²) in [6.45, 7) is 0.699. The number of hydrogen-bond acceptors (Lipinski definition) is 5. The molecule has 19 heavy (non-hydrogen) atoms. The Bertz CT molecular complexity index is 562. The van der Waals surface area contributed by atoms with Crippen LogP contribution in [-0.2, 0) is 10.0 Å². The molecule has 0 aliphatic carbocycles. The van der Waals surface area contributed by atoms with Gasteiger partial charge in [0.25, 0.3) is 0 Å². The van der Waals surface area contributed by atoms with Crippen LogP contribution in [0.4, 0.5) is 10.1 Å². The second kappa shape index (κ2) is 6.55. The predicted molar refractivity (Wildman–Crippen MR) is 66.8 cm³/mol. The number of hydrogen-bond donors (Lipinski definition) is 2. The molecule has 0 amide bonds. The van der Waals surface area contributed by atoms with E-state index in [9.17, 15) is 22.9 Å². The molecule has 0 radical (unpaired) electrons. The van der Waals surface area contributed by atoms with E-state index in [1.807, 2.05) is 0 Å². The Morgan fingerprint density at radius 3 is 2.63 bits per heavy atom. The largest absolute Gasteiger partial charge is 0.324 e. The van der Waals surface area contributed by atoms with Crippen LogP contribution in [0.1, 0.15) is 6.42 Å². The molecule has 0 saturated heterocycles. The number of nitro groups is 1. The number of nitrogens with one attached hydrogen (secondary N) is 2. The highest BCUT2D eigenvalue weighted by Gasteiger charge is 2.28. The van der Waals surface area contributed by atoms with Crippen molar-refractivity contribution in [3.8, 4) is 0 Å². The third kappa shape index (κ3) is 3.94. The summed E-state index contributed by atoms with van der Waals surface area (Å²) in [6.07, 6.45) is 0.513. The highest BCUT2D eigenvalue weighted by Crippen LogP contribution is 2.26. The van der Waals surface area contributed by atoms with Crippen LogP contribution < -0.4 is 10.0 Å². The van der Waals surface area contributed by atoms with Gasteiger partial charge in [0.2, 0.25) is 15.8 Å². The van der Waals surface area contributed by atoms with Crippen LogP contribution in [0, 0.1) is 15.9 Å². The number of para-hydroxylation sites is 1. The minimum absolute atomic E-state index is 0.108. The van der Waals surface area contributed by atoms with Crippen LogP contribution in [-0.4, -0.2) is 33.5 Å². The maximum absolute atomic E-state index is 13.3. The molecule has 0 aliphatic rings. The van der Waals surface area contributed by atoms with Crippen LogP contribution >= 0.6 is 0 Å². The Labute approximate surface area is 110 Å². The average molecular weight is 291 g/mol. The molecular formula is C10H14FN3O4S. The van der Waals surface area contributed by atoms with Crippen molar-refractivity contribution in [1.29, 1.82) is 0 Å². The van der Waals surface area contributed by atoms with Gasteiger partial charge in [0, 0.05) is 6.54 Å². The zero-order valence-corrected chi connectivity index (χ0v) is 11.0. The van der Waals surface area contributed by atoms with Crippen molar-refractivity contribution in [2.75, 3.05) is 20.1 Å². The maximum atomic E-state index is 13.3. The monoisotopic (exact) mass is 291 g/mol. The summed E-state index contributed by atoms with van der Waals surface area (Å²) in [5, 5.41) is 13.6. The van der Waals surface area contributed by atoms with Gasteiger partial charge < -0.3 is 5.32 Å². The lowest BCUT2D eigenvalue weighted by molar-refractivity contribution is -0.390. The lowest BCUT2D eigenvalue weighted by Gasteiger charge is -2.07. The van der Waals surface area contributed by atoms with Crippen LogP contribution in [0.2, 0.25) is 0 Å². The molecular weight excluding hydrogens is 277 g/mol. The first-order chi connectivity index (χ1) is 8.90. The van der Waals surface area contributed by atoms with Crippen molar-refractivity contribution in [2.24, 2.45) is 0 Å². The van der Waals surface area contributed by atoms with Gasteiger partial charge in [0.05, 0.1) is 4.92 Å². The first kappa shape index (κ1) is 15.5. The lowest BCUT2D eigenvalue weighted by Crippen LogP contribution is -2.27. The van der Waals surface area contributed by atoms with Crippen LogP contribution in [0.5, 0.6) is 0 Å². The Morgan fingerprint density at radius 1 is 1.37 bits per heavy atom. The van der Waals surface area contributed by atoms with Crippen molar-refractivity contribution >= 4 is 15.7 Å². The minimum atomic E-state index is -4.10. The van der Waals surface area contributed by atoms with E-state index in [0.717, 1.165) is 18.2 Å². The zero-order valence-electron chi connectivity index (χ0n) is 10.2. The standard InChI is InChI=1S/C10H14FN3O4S/c1-12-6-3-7-13-19(17,18)9-5-2-4-8(11)10(9)14(15)16/h2,4-5,12-13H,3,6-7H2,1H3. The Hall–Kier alpha value is -1.58. The maximum Gasteiger partial charge on any atom is 0.324 e. The van der Waals surface area contributed by atoms with E-state index >= 15 is 0 Å². The van der Waals surface area contributed by atoms with Crippen LogP contribution in [0.15, 0.2) is 23.1 Å². The van der Waals surface area contributed by atoms with Crippen LogP contribution in [0.3, 0.4) is 0 Å². The van der Waals surface area contributed by atoms with Crippen molar-refractivity contribution < 1.29 is 17.7 Å². The summed E-state index contributed by atoms with van der Waals surface area (Å²) in [5.41, 5.74) is -1.04. The van der Waals surface area contributed by atoms with E-state index in [4.69, 9.17) is 0 Å². The van der Waals surface area contributed by atoms with E-state index in [-0.39, 0.29) is 6.54 Å². The number of nitrogens with zero attached hydrogens (tertiary/aromatic N) is 1. The molecule has 0 aliphatic heterocycles. The topological polar surface area (TPSA) is 101 Å². The van der Waals surface area contributed by atoms with Crippen molar-refractivity contribution in [1.82, 2.24) is 10.0 Å². The molecule has 1 aromatic rings. The highest BCUT2D eigenvalue weighted by molar-refractivity contribution is 7.89. The zero-order chi connectivity index (χ0) is 14.5. The predicted octanol–water partition coefficient (Wildman–Crippen LogP) is 0.622. The third-order valence-corrected chi connectivity index (χ3v) is 3.81. The molecule has 9 heteroatoms. The molecule has 0 saturated carbocycles. The van der Waals surface area contributed by atoms with E-state index in [1.54, 1.807) is 7.05 Å². The van der Waals surface area contributed by atoms with Crippen molar-refractivity contribution in [2.45, 2.75) is 11.3 Å². The number of nitro benzene ring substituents is 1. The number of halogens is 1. The van der Waals surface area contributed by atoms with Gasteiger partial charge in [-0.2, -0.15) is 4.39 Å². The summed E-state index contributed by atoms with van der Waals surface area (Å²) in [5.74, 6) is -1.18. The molecule has 2 N–H and O–H groups in total. The van der Waals surface area contributed by atoms with Gasteiger partial charge in [0.1, 0.15) is 0 Å². The fourth-order valence-corrected chi connectivity index (χ4v) is 2.69. The first-order valence-corrected chi connectivity index (χ1v) is 6.95. The summed E-state index contributed by atoms with van der Waals surface area (Å²) < 4.78 is 39.3. The van der Waals surface area contributed by atoms with Gasteiger partial charge in [-0.15, -0.1) is 0 Å². The quantitative estimate of drug-likeness (QED) is 0.435. The Balaban J connectivity index is 3.01. The summed E-state index contributed by atoms with van der Waals surface area (Å²) in [7, 11) is -2.38.